The lowest BCUT2D eigenvalue weighted by atomic mass is 10.1. The highest BCUT2D eigenvalue weighted by Crippen LogP contribution is 2.25. The molecule has 1 amide bonds. The molecule has 1 fully saturated rings. The van der Waals surface area contributed by atoms with Crippen molar-refractivity contribution in [1.29, 1.82) is 0 Å². The van der Waals surface area contributed by atoms with Gasteiger partial charge in [-0.3, -0.25) is 14.2 Å². The van der Waals surface area contributed by atoms with Crippen LogP contribution in [0.1, 0.15) is 22.0 Å². The molecule has 2 aromatic carbocycles. The van der Waals surface area contributed by atoms with Crippen molar-refractivity contribution in [2.75, 3.05) is 19.7 Å². The predicted octanol–water partition coefficient (Wildman–Crippen LogP) is 3.57. The van der Waals surface area contributed by atoms with E-state index < -0.39 is 0 Å². The molecule has 2 heterocycles. The maximum Gasteiger partial charge on any atom is 0.261 e. The average Bonchev–Trinajstić information content (AvgIpc) is 2.72. The molecule has 0 radical (unpaired) electrons. The van der Waals surface area contributed by atoms with Crippen molar-refractivity contribution in [3.05, 3.63) is 73.2 Å². The third-order valence-corrected chi connectivity index (χ3v) is 5.85. The fourth-order valence-electron chi connectivity index (χ4n) is 3.33. The van der Waals surface area contributed by atoms with Crippen LogP contribution in [-0.4, -0.2) is 40.1 Å². The first-order chi connectivity index (χ1) is 13.4. The number of morpholine rings is 1. The van der Waals surface area contributed by atoms with Crippen molar-refractivity contribution >= 4 is 45.0 Å². The van der Waals surface area contributed by atoms with Crippen molar-refractivity contribution in [2.24, 2.45) is 7.05 Å². The van der Waals surface area contributed by atoms with Gasteiger partial charge in [-0.1, -0.05) is 28.1 Å². The average molecular weight is 460 g/mol. The lowest BCUT2D eigenvalue weighted by Crippen LogP contribution is -2.42. The first-order valence-electron chi connectivity index (χ1n) is 8.83. The fraction of sp³-hybridized carbons (Fsp3) is 0.250. The largest absolute Gasteiger partial charge is 0.370 e. The van der Waals surface area contributed by atoms with Crippen molar-refractivity contribution < 1.29 is 9.53 Å². The highest BCUT2D eigenvalue weighted by molar-refractivity contribution is 9.10. The zero-order chi connectivity index (χ0) is 19.8. The summed E-state index contributed by atoms with van der Waals surface area (Å²) in [4.78, 5) is 30.2. The van der Waals surface area contributed by atoms with Crippen LogP contribution >= 0.6 is 28.1 Å². The quantitative estimate of drug-likeness (QED) is 0.594. The fourth-order valence-corrected chi connectivity index (χ4v) is 3.79. The summed E-state index contributed by atoms with van der Waals surface area (Å²) >= 11 is 8.60. The molecular formula is C20H18BrN3O3S. The monoisotopic (exact) mass is 459 g/mol. The molecule has 1 aromatic heterocycles. The van der Waals surface area contributed by atoms with Crippen molar-refractivity contribution in [1.82, 2.24) is 14.5 Å². The number of nitrogens with zero attached hydrogens (tertiary/aromatic N) is 2. The van der Waals surface area contributed by atoms with E-state index >= 15 is 0 Å². The second-order valence-corrected chi connectivity index (χ2v) is 8.02. The Hall–Kier alpha value is -2.29. The predicted molar refractivity (Wildman–Crippen MR) is 113 cm³/mol. The summed E-state index contributed by atoms with van der Waals surface area (Å²) in [5.41, 5.74) is 1.94. The lowest BCUT2D eigenvalue weighted by molar-refractivity contribution is -0.0228. The van der Waals surface area contributed by atoms with Crippen LogP contribution in [0.5, 0.6) is 0 Å². The minimum absolute atomic E-state index is 0.0905. The van der Waals surface area contributed by atoms with E-state index in [1.807, 2.05) is 24.3 Å². The molecule has 0 spiro atoms. The Morgan fingerprint density at radius 3 is 2.75 bits per heavy atom. The summed E-state index contributed by atoms with van der Waals surface area (Å²) in [7, 11) is 1.62. The van der Waals surface area contributed by atoms with Gasteiger partial charge in [0, 0.05) is 23.6 Å². The Morgan fingerprint density at radius 2 is 2.00 bits per heavy atom. The number of amides is 1. The van der Waals surface area contributed by atoms with Crippen LogP contribution < -0.4 is 5.56 Å². The van der Waals surface area contributed by atoms with Crippen LogP contribution in [0, 0.1) is 4.77 Å². The summed E-state index contributed by atoms with van der Waals surface area (Å²) in [6.07, 6.45) is -0.163. The summed E-state index contributed by atoms with van der Waals surface area (Å²) in [6.45, 7) is 1.48. The van der Waals surface area contributed by atoms with E-state index in [1.165, 1.54) is 4.57 Å². The minimum Gasteiger partial charge on any atom is -0.370 e. The van der Waals surface area contributed by atoms with Crippen molar-refractivity contribution in [3.63, 3.8) is 0 Å². The van der Waals surface area contributed by atoms with Gasteiger partial charge >= 0.3 is 0 Å². The van der Waals surface area contributed by atoms with E-state index in [0.717, 1.165) is 10.0 Å². The Labute approximate surface area is 174 Å². The van der Waals surface area contributed by atoms with Crippen LogP contribution in [0.3, 0.4) is 0 Å². The molecule has 0 bridgehead atoms. The standard InChI is InChI=1S/C20H18BrN3O3S/c1-23-19(26)15-7-4-13(10-16(15)22-20(23)28)18(25)24-8-9-27-17(11-24)12-2-5-14(21)6-3-12/h2-7,10,17H,8-9,11H2,1H3,(H,22,28). The molecule has 4 rings (SSSR count). The smallest absolute Gasteiger partial charge is 0.261 e. The Morgan fingerprint density at radius 1 is 1.25 bits per heavy atom. The molecule has 28 heavy (non-hydrogen) atoms. The van der Waals surface area contributed by atoms with Crippen molar-refractivity contribution in [3.8, 4) is 0 Å². The van der Waals surface area contributed by atoms with E-state index in [9.17, 15) is 9.59 Å². The van der Waals surface area contributed by atoms with E-state index in [4.69, 9.17) is 17.0 Å². The molecule has 1 atom stereocenters. The number of aromatic amines is 1. The molecule has 8 heteroatoms. The zero-order valence-corrected chi connectivity index (χ0v) is 17.5. The number of hydrogen-bond acceptors (Lipinski definition) is 4. The zero-order valence-electron chi connectivity index (χ0n) is 15.1. The van der Waals surface area contributed by atoms with Crippen molar-refractivity contribution in [2.45, 2.75) is 6.10 Å². The van der Waals surface area contributed by atoms with E-state index in [2.05, 4.69) is 20.9 Å². The molecule has 1 aliphatic rings. The molecule has 1 aliphatic heterocycles. The number of carbonyl (C=O) groups is 1. The molecule has 0 aliphatic carbocycles. The molecule has 0 saturated carbocycles. The maximum atomic E-state index is 13.1. The van der Waals surface area contributed by atoms with Crippen LogP contribution in [0.25, 0.3) is 10.9 Å². The highest BCUT2D eigenvalue weighted by Gasteiger charge is 2.26. The van der Waals surface area contributed by atoms with Crippen LogP contribution in [-0.2, 0) is 11.8 Å². The molecule has 144 valence electrons. The van der Waals surface area contributed by atoms with Gasteiger partial charge in [0.15, 0.2) is 4.77 Å². The molecule has 1 unspecified atom stereocenters. The molecule has 1 N–H and O–H groups in total. The number of carbonyl (C=O) groups excluding carboxylic acids is 1. The molecular weight excluding hydrogens is 442 g/mol. The molecule has 1 saturated heterocycles. The Kier molecular flexibility index (Phi) is 5.18. The van der Waals surface area contributed by atoms with Gasteiger partial charge < -0.3 is 14.6 Å². The molecule has 6 nitrogen and oxygen atoms in total. The lowest BCUT2D eigenvalue weighted by Gasteiger charge is -2.33. The van der Waals surface area contributed by atoms with Gasteiger partial charge in [0.1, 0.15) is 6.10 Å². The summed E-state index contributed by atoms with van der Waals surface area (Å²) in [5.74, 6) is -0.0905. The molecule has 3 aromatic rings. The number of aromatic nitrogens is 2. The first-order valence-corrected chi connectivity index (χ1v) is 10.0. The van der Waals surface area contributed by atoms with E-state index in [0.29, 0.717) is 40.9 Å². The number of ether oxygens (including phenoxy) is 1. The maximum absolute atomic E-state index is 13.1. The number of halogens is 1. The minimum atomic E-state index is -0.181. The van der Waals surface area contributed by atoms with Gasteiger partial charge in [-0.25, -0.2) is 0 Å². The summed E-state index contributed by atoms with van der Waals surface area (Å²) < 4.78 is 8.56. The number of hydrogen-bond donors (Lipinski definition) is 1. The number of benzene rings is 2. The van der Waals surface area contributed by atoms with Gasteiger partial charge in [-0.15, -0.1) is 0 Å². The summed E-state index contributed by atoms with van der Waals surface area (Å²) in [5, 5.41) is 0.502. The van der Waals surface area contributed by atoms with E-state index in [1.54, 1.807) is 30.1 Å². The van der Waals surface area contributed by atoms with Gasteiger partial charge in [0.05, 0.1) is 24.1 Å². The number of H-pyrrole nitrogens is 1. The van der Waals surface area contributed by atoms with Crippen LogP contribution in [0.15, 0.2) is 51.7 Å². The SMILES string of the molecule is Cn1c(=S)[nH]c2cc(C(=O)N3CCOC(c4ccc(Br)cc4)C3)ccc2c1=O. The second-order valence-electron chi connectivity index (χ2n) is 6.72. The highest BCUT2D eigenvalue weighted by atomic mass is 79.9. The third-order valence-electron chi connectivity index (χ3n) is 4.94. The first kappa shape index (κ1) is 19.0. The Bertz CT molecular complexity index is 1170. The summed E-state index contributed by atoms with van der Waals surface area (Å²) in [6, 6.07) is 13.0. The number of fused-ring (bicyclic) bond motifs is 1. The van der Waals surface area contributed by atoms with Crippen LogP contribution in [0.2, 0.25) is 0 Å². The van der Waals surface area contributed by atoms with Crippen LogP contribution in [0.4, 0.5) is 0 Å². The third kappa shape index (κ3) is 3.55. The second kappa shape index (κ2) is 7.62. The van der Waals surface area contributed by atoms with Gasteiger partial charge in [-0.2, -0.15) is 0 Å². The Balaban J connectivity index is 1.61. The van der Waals surface area contributed by atoms with Gasteiger partial charge in [-0.05, 0) is 48.1 Å². The normalized spacial score (nSPS) is 17.1. The topological polar surface area (TPSA) is 67.3 Å². The van der Waals surface area contributed by atoms with Gasteiger partial charge in [0.2, 0.25) is 0 Å². The van der Waals surface area contributed by atoms with E-state index in [-0.39, 0.29) is 17.6 Å². The van der Waals surface area contributed by atoms with Gasteiger partial charge in [0.25, 0.3) is 11.5 Å². The number of nitrogens with one attached hydrogen (secondary N) is 1. The number of rotatable bonds is 2.